The third-order valence-corrected chi connectivity index (χ3v) is 4.56. The summed E-state index contributed by atoms with van der Waals surface area (Å²) in [4.78, 5) is 12.0. The fraction of sp³-hybridized carbons (Fsp3) is 0.350. The number of methoxy groups -OCH3 is 1. The molecule has 0 unspecified atom stereocenters. The number of carbonyl (C=O) groups excluding carboxylic acids is 1. The lowest BCUT2D eigenvalue weighted by molar-refractivity contribution is -0.121. The van der Waals surface area contributed by atoms with Crippen molar-refractivity contribution in [3.63, 3.8) is 0 Å². The zero-order valence-corrected chi connectivity index (χ0v) is 16.5. The molecule has 0 aliphatic heterocycles. The van der Waals surface area contributed by atoms with Crippen molar-refractivity contribution >= 4 is 21.8 Å². The van der Waals surface area contributed by atoms with Crippen molar-refractivity contribution in [1.82, 2.24) is 5.32 Å². The molecule has 0 aliphatic rings. The Morgan fingerprint density at radius 1 is 1.16 bits per heavy atom. The Morgan fingerprint density at radius 2 is 1.88 bits per heavy atom. The van der Waals surface area contributed by atoms with Crippen LogP contribution in [-0.4, -0.2) is 26.2 Å². The molecule has 134 valence electrons. The number of hydrogen-bond acceptors (Lipinski definition) is 3. The molecule has 0 aromatic heterocycles. The molecule has 0 fully saturated rings. The smallest absolute Gasteiger partial charge is 0.220 e. The number of hydrogen-bond donors (Lipinski definition) is 1. The first-order chi connectivity index (χ1) is 12.0. The van der Waals surface area contributed by atoms with Crippen LogP contribution in [0.1, 0.15) is 23.1 Å². The second kappa shape index (κ2) is 9.47. The van der Waals surface area contributed by atoms with Crippen molar-refractivity contribution < 1.29 is 14.3 Å². The van der Waals surface area contributed by atoms with E-state index in [1.165, 1.54) is 0 Å². The van der Waals surface area contributed by atoms with Gasteiger partial charge in [0.05, 0.1) is 18.1 Å². The maximum atomic E-state index is 12.0. The van der Waals surface area contributed by atoms with Crippen LogP contribution in [0.3, 0.4) is 0 Å². The van der Waals surface area contributed by atoms with Gasteiger partial charge >= 0.3 is 0 Å². The third kappa shape index (κ3) is 5.78. The molecule has 2 rings (SSSR count). The number of carbonyl (C=O) groups is 1. The van der Waals surface area contributed by atoms with Gasteiger partial charge < -0.3 is 14.8 Å². The van der Waals surface area contributed by atoms with E-state index >= 15 is 0 Å². The molecule has 0 saturated carbocycles. The number of benzene rings is 2. The maximum Gasteiger partial charge on any atom is 0.220 e. The van der Waals surface area contributed by atoms with Gasteiger partial charge in [0.2, 0.25) is 5.91 Å². The third-order valence-electron chi connectivity index (χ3n) is 3.94. The summed E-state index contributed by atoms with van der Waals surface area (Å²) in [6.45, 7) is 5.01. The lowest BCUT2D eigenvalue weighted by Gasteiger charge is -2.12. The standard InChI is InChI=1S/C20H24BrNO3/c1-14-5-4-6-15(2)20(14)25-12-11-22-19(23)10-8-16-7-9-18(24-3)17(21)13-16/h4-7,9,13H,8,10-12H2,1-3H3,(H,22,23). The van der Waals surface area contributed by atoms with Crippen LogP contribution < -0.4 is 14.8 Å². The molecule has 25 heavy (non-hydrogen) atoms. The summed E-state index contributed by atoms with van der Waals surface area (Å²) >= 11 is 3.46. The fourth-order valence-electron chi connectivity index (χ4n) is 2.58. The first kappa shape index (κ1) is 19.3. The highest BCUT2D eigenvalue weighted by Gasteiger charge is 2.06. The number of rotatable bonds is 8. The Labute approximate surface area is 157 Å². The molecule has 5 heteroatoms. The first-order valence-corrected chi connectivity index (χ1v) is 9.08. The highest BCUT2D eigenvalue weighted by molar-refractivity contribution is 9.10. The van der Waals surface area contributed by atoms with Gasteiger partial charge in [-0.3, -0.25) is 4.79 Å². The van der Waals surface area contributed by atoms with E-state index in [2.05, 4.69) is 21.2 Å². The van der Waals surface area contributed by atoms with Crippen molar-refractivity contribution in [1.29, 1.82) is 0 Å². The predicted octanol–water partition coefficient (Wildman–Crippen LogP) is 4.20. The monoisotopic (exact) mass is 405 g/mol. The van der Waals surface area contributed by atoms with Gasteiger partial charge in [-0.15, -0.1) is 0 Å². The summed E-state index contributed by atoms with van der Waals surface area (Å²) in [6, 6.07) is 11.9. The quantitative estimate of drug-likeness (QED) is 0.669. The molecule has 0 radical (unpaired) electrons. The molecule has 0 aliphatic carbocycles. The van der Waals surface area contributed by atoms with E-state index < -0.39 is 0 Å². The minimum absolute atomic E-state index is 0.0250. The molecule has 0 heterocycles. The summed E-state index contributed by atoms with van der Waals surface area (Å²) in [5, 5.41) is 2.90. The van der Waals surface area contributed by atoms with E-state index in [0.717, 1.165) is 32.7 Å². The SMILES string of the molecule is COc1ccc(CCC(=O)NCCOc2c(C)cccc2C)cc1Br. The van der Waals surface area contributed by atoms with Crippen molar-refractivity contribution in [2.24, 2.45) is 0 Å². The normalized spacial score (nSPS) is 10.4. The molecule has 2 aromatic rings. The summed E-state index contributed by atoms with van der Waals surface area (Å²) in [6.07, 6.45) is 1.13. The largest absolute Gasteiger partial charge is 0.496 e. The van der Waals surface area contributed by atoms with Crippen LogP contribution in [0, 0.1) is 13.8 Å². The average molecular weight is 406 g/mol. The Hall–Kier alpha value is -2.01. The van der Waals surface area contributed by atoms with Crippen LogP contribution in [-0.2, 0) is 11.2 Å². The molecule has 4 nitrogen and oxygen atoms in total. The molecular formula is C20H24BrNO3. The van der Waals surface area contributed by atoms with Crippen molar-refractivity contribution in [3.8, 4) is 11.5 Å². The van der Waals surface area contributed by atoms with Crippen molar-refractivity contribution in [2.75, 3.05) is 20.3 Å². The van der Waals surface area contributed by atoms with E-state index in [1.54, 1.807) is 7.11 Å². The Morgan fingerprint density at radius 3 is 2.52 bits per heavy atom. The van der Waals surface area contributed by atoms with Gasteiger partial charge in [-0.05, 0) is 65.0 Å². The van der Waals surface area contributed by atoms with Gasteiger partial charge in [-0.25, -0.2) is 0 Å². The summed E-state index contributed by atoms with van der Waals surface area (Å²) in [5.74, 6) is 1.72. The van der Waals surface area contributed by atoms with Crippen LogP contribution in [0.5, 0.6) is 11.5 Å². The van der Waals surface area contributed by atoms with Crippen molar-refractivity contribution in [2.45, 2.75) is 26.7 Å². The molecule has 1 amide bonds. The van der Waals surface area contributed by atoms with Crippen LogP contribution in [0.15, 0.2) is 40.9 Å². The number of amides is 1. The highest BCUT2D eigenvalue weighted by atomic mass is 79.9. The van der Waals surface area contributed by atoms with Crippen LogP contribution >= 0.6 is 15.9 Å². The van der Waals surface area contributed by atoms with E-state index in [9.17, 15) is 4.79 Å². The van der Waals surface area contributed by atoms with Gasteiger partial charge in [0.1, 0.15) is 18.1 Å². The van der Waals surface area contributed by atoms with Crippen LogP contribution in [0.25, 0.3) is 0 Å². The molecular weight excluding hydrogens is 382 g/mol. The summed E-state index contributed by atoms with van der Waals surface area (Å²) < 4.78 is 11.9. The highest BCUT2D eigenvalue weighted by Crippen LogP contribution is 2.26. The van der Waals surface area contributed by atoms with E-state index in [1.807, 2.05) is 50.2 Å². The van der Waals surface area contributed by atoms with E-state index in [0.29, 0.717) is 26.0 Å². The number of nitrogens with one attached hydrogen (secondary N) is 1. The Balaban J connectivity index is 1.71. The topological polar surface area (TPSA) is 47.6 Å². The Bertz CT molecular complexity index is 711. The molecule has 2 aromatic carbocycles. The molecule has 0 atom stereocenters. The lowest BCUT2D eigenvalue weighted by atomic mass is 10.1. The minimum Gasteiger partial charge on any atom is -0.496 e. The van der Waals surface area contributed by atoms with Crippen molar-refractivity contribution in [3.05, 3.63) is 57.6 Å². The van der Waals surface area contributed by atoms with Gasteiger partial charge in [-0.2, -0.15) is 0 Å². The van der Waals surface area contributed by atoms with Gasteiger partial charge in [0, 0.05) is 6.42 Å². The van der Waals surface area contributed by atoms with Crippen LogP contribution in [0.4, 0.5) is 0 Å². The van der Waals surface area contributed by atoms with Gasteiger partial charge in [0.25, 0.3) is 0 Å². The van der Waals surface area contributed by atoms with Gasteiger partial charge in [0.15, 0.2) is 0 Å². The summed E-state index contributed by atoms with van der Waals surface area (Å²) in [7, 11) is 1.63. The first-order valence-electron chi connectivity index (χ1n) is 8.29. The lowest BCUT2D eigenvalue weighted by Crippen LogP contribution is -2.28. The number of ether oxygens (including phenoxy) is 2. The molecule has 0 spiro atoms. The zero-order chi connectivity index (χ0) is 18.2. The predicted molar refractivity (Wildman–Crippen MR) is 103 cm³/mol. The number of halogens is 1. The van der Waals surface area contributed by atoms with E-state index in [4.69, 9.17) is 9.47 Å². The number of para-hydroxylation sites is 1. The summed E-state index contributed by atoms with van der Waals surface area (Å²) in [5.41, 5.74) is 3.31. The fourth-order valence-corrected chi connectivity index (χ4v) is 3.17. The second-order valence-electron chi connectivity index (χ2n) is 5.89. The minimum atomic E-state index is 0.0250. The number of aryl methyl sites for hydroxylation is 3. The maximum absolute atomic E-state index is 12.0. The Kier molecular flexibility index (Phi) is 7.31. The second-order valence-corrected chi connectivity index (χ2v) is 6.74. The van der Waals surface area contributed by atoms with Gasteiger partial charge in [-0.1, -0.05) is 24.3 Å². The zero-order valence-electron chi connectivity index (χ0n) is 14.9. The molecule has 1 N–H and O–H groups in total. The van der Waals surface area contributed by atoms with Crippen LogP contribution in [0.2, 0.25) is 0 Å². The molecule has 0 bridgehead atoms. The van der Waals surface area contributed by atoms with E-state index in [-0.39, 0.29) is 5.91 Å². The molecule has 0 saturated heterocycles. The average Bonchev–Trinajstić information content (AvgIpc) is 2.59.